The number of rotatable bonds is 4. The lowest BCUT2D eigenvalue weighted by molar-refractivity contribution is 0.0779. The third-order valence-electron chi connectivity index (χ3n) is 4.09. The zero-order chi connectivity index (χ0) is 17.8. The van der Waals surface area contributed by atoms with Gasteiger partial charge in [0, 0.05) is 18.8 Å². The van der Waals surface area contributed by atoms with Crippen LogP contribution >= 0.6 is 11.8 Å². The van der Waals surface area contributed by atoms with Crippen LogP contribution in [0.1, 0.15) is 6.42 Å². The van der Waals surface area contributed by atoms with Gasteiger partial charge in [-0.05, 0) is 30.4 Å². The average molecular weight is 369 g/mol. The molecular formula is C16H20FN3O4S. The quantitative estimate of drug-likeness (QED) is 0.876. The highest BCUT2D eigenvalue weighted by atomic mass is 32.2. The molecule has 2 N–H and O–H groups in total. The summed E-state index contributed by atoms with van der Waals surface area (Å²) in [5, 5.41) is 0. The minimum Gasteiger partial charge on any atom is -0.446 e. The van der Waals surface area contributed by atoms with Crippen molar-refractivity contribution in [2.45, 2.75) is 12.5 Å². The Morgan fingerprint density at radius 2 is 2.24 bits per heavy atom. The Morgan fingerprint density at radius 1 is 1.40 bits per heavy atom. The van der Waals surface area contributed by atoms with Crippen LogP contribution in [0.3, 0.4) is 0 Å². The Morgan fingerprint density at radius 3 is 3.00 bits per heavy atom. The van der Waals surface area contributed by atoms with Crippen LogP contribution < -0.4 is 15.5 Å². The molecule has 0 saturated carbocycles. The number of ether oxygens (including phenoxy) is 2. The summed E-state index contributed by atoms with van der Waals surface area (Å²) in [5.74, 6) is 1.69. The van der Waals surface area contributed by atoms with Crippen molar-refractivity contribution in [3.8, 4) is 0 Å². The van der Waals surface area contributed by atoms with Crippen molar-refractivity contribution < 1.29 is 23.5 Å². The number of hydrogen-bond donors (Lipinski definition) is 1. The molecule has 2 fully saturated rings. The lowest BCUT2D eigenvalue weighted by Crippen LogP contribution is -2.28. The van der Waals surface area contributed by atoms with E-state index in [-0.39, 0.29) is 19.0 Å². The second kappa shape index (κ2) is 7.81. The van der Waals surface area contributed by atoms with Gasteiger partial charge in [-0.15, -0.1) is 0 Å². The first-order valence-corrected chi connectivity index (χ1v) is 9.22. The molecule has 1 aromatic carbocycles. The second-order valence-electron chi connectivity index (χ2n) is 5.84. The number of nitrogens with zero attached hydrogens (tertiary/aromatic N) is 2. The van der Waals surface area contributed by atoms with Crippen LogP contribution in [0.2, 0.25) is 0 Å². The van der Waals surface area contributed by atoms with Gasteiger partial charge in [0.05, 0.1) is 17.9 Å². The zero-order valence-electron chi connectivity index (χ0n) is 13.7. The number of hydrogen-bond acceptors (Lipinski definition) is 6. The monoisotopic (exact) mass is 369 g/mol. The maximum Gasteiger partial charge on any atom is 0.414 e. The molecule has 25 heavy (non-hydrogen) atoms. The average Bonchev–Trinajstić information content (AvgIpc) is 2.78. The minimum atomic E-state index is -0.930. The number of anilines is 2. The number of thioether (sulfide) groups is 1. The van der Waals surface area contributed by atoms with Crippen molar-refractivity contribution in [2.24, 2.45) is 5.73 Å². The van der Waals surface area contributed by atoms with Crippen molar-refractivity contribution in [3.63, 3.8) is 0 Å². The molecule has 0 aromatic heterocycles. The van der Waals surface area contributed by atoms with Gasteiger partial charge in [-0.2, -0.15) is 11.8 Å². The van der Waals surface area contributed by atoms with E-state index < -0.39 is 18.3 Å². The lowest BCUT2D eigenvalue weighted by Gasteiger charge is -2.24. The Labute approximate surface area is 149 Å². The molecule has 7 nitrogen and oxygen atoms in total. The first-order valence-electron chi connectivity index (χ1n) is 8.07. The Kier molecular flexibility index (Phi) is 5.52. The molecule has 3 rings (SSSR count). The van der Waals surface area contributed by atoms with Crippen LogP contribution in [0.15, 0.2) is 18.2 Å². The van der Waals surface area contributed by atoms with Crippen molar-refractivity contribution in [2.75, 3.05) is 47.5 Å². The van der Waals surface area contributed by atoms with E-state index in [0.29, 0.717) is 11.4 Å². The molecule has 0 bridgehead atoms. The molecule has 1 aromatic rings. The topological polar surface area (TPSA) is 85.1 Å². The van der Waals surface area contributed by atoms with Gasteiger partial charge in [-0.1, -0.05) is 0 Å². The molecule has 0 aliphatic carbocycles. The molecule has 9 heteroatoms. The highest BCUT2D eigenvalue weighted by molar-refractivity contribution is 7.99. The Bertz CT molecular complexity index is 652. The standard InChI is InChI=1S/C16H20FN3O4S/c17-13-8-11(2-3-14(13)19-4-1-6-25-7-5-19)20-9-12(24-16(20)22)10-23-15(18)21/h2-3,8,12H,1,4-7,9-10H2,(H2,18,21)/t12-/m0/s1. The number of amides is 2. The minimum absolute atomic E-state index is 0.121. The van der Waals surface area contributed by atoms with Crippen LogP contribution in [0.25, 0.3) is 0 Å². The van der Waals surface area contributed by atoms with Crippen molar-refractivity contribution in [3.05, 3.63) is 24.0 Å². The van der Waals surface area contributed by atoms with Crippen LogP contribution in [0.5, 0.6) is 0 Å². The third kappa shape index (κ3) is 4.28. The summed E-state index contributed by atoms with van der Waals surface area (Å²) in [6, 6.07) is 4.74. The van der Waals surface area contributed by atoms with Gasteiger partial charge >= 0.3 is 12.2 Å². The predicted octanol–water partition coefficient (Wildman–Crippen LogP) is 2.19. The van der Waals surface area contributed by atoms with E-state index >= 15 is 0 Å². The van der Waals surface area contributed by atoms with Gasteiger partial charge in [0.1, 0.15) is 12.4 Å². The van der Waals surface area contributed by atoms with E-state index in [2.05, 4.69) is 4.74 Å². The lowest BCUT2D eigenvalue weighted by atomic mass is 10.2. The van der Waals surface area contributed by atoms with Crippen LogP contribution in [-0.2, 0) is 9.47 Å². The number of primary amides is 1. The smallest absolute Gasteiger partial charge is 0.414 e. The number of nitrogens with two attached hydrogens (primary N) is 1. The molecule has 0 unspecified atom stereocenters. The van der Waals surface area contributed by atoms with Gasteiger partial charge in [-0.25, -0.2) is 14.0 Å². The fourth-order valence-electron chi connectivity index (χ4n) is 2.90. The maximum atomic E-state index is 14.6. The first-order chi connectivity index (χ1) is 12.0. The summed E-state index contributed by atoms with van der Waals surface area (Å²) in [7, 11) is 0. The molecule has 0 spiro atoms. The molecule has 2 heterocycles. The van der Waals surface area contributed by atoms with E-state index in [1.165, 1.54) is 11.0 Å². The van der Waals surface area contributed by atoms with Gasteiger partial charge in [0.15, 0.2) is 6.10 Å². The Hall–Kier alpha value is -2.16. The first kappa shape index (κ1) is 17.7. The number of cyclic esters (lactones) is 1. The van der Waals surface area contributed by atoms with Gasteiger partial charge in [0.25, 0.3) is 0 Å². The summed E-state index contributed by atoms with van der Waals surface area (Å²) in [5.41, 5.74) is 5.86. The molecule has 0 radical (unpaired) electrons. The molecule has 2 saturated heterocycles. The van der Waals surface area contributed by atoms with Gasteiger partial charge in [-0.3, -0.25) is 4.90 Å². The predicted molar refractivity (Wildman–Crippen MR) is 93.7 cm³/mol. The molecule has 2 aliphatic heterocycles. The molecule has 1 atom stereocenters. The zero-order valence-corrected chi connectivity index (χ0v) is 14.5. The van der Waals surface area contributed by atoms with Crippen molar-refractivity contribution in [1.29, 1.82) is 0 Å². The molecule has 2 amide bonds. The van der Waals surface area contributed by atoms with E-state index in [4.69, 9.17) is 10.5 Å². The largest absolute Gasteiger partial charge is 0.446 e. The highest BCUT2D eigenvalue weighted by Gasteiger charge is 2.33. The van der Waals surface area contributed by atoms with Crippen molar-refractivity contribution in [1.82, 2.24) is 0 Å². The van der Waals surface area contributed by atoms with E-state index in [1.807, 2.05) is 16.7 Å². The van der Waals surface area contributed by atoms with Gasteiger partial charge in [0.2, 0.25) is 0 Å². The maximum absolute atomic E-state index is 14.6. The van der Waals surface area contributed by atoms with Crippen LogP contribution in [-0.4, -0.2) is 56.0 Å². The number of halogens is 1. The molecule has 2 aliphatic rings. The number of carbonyl (C=O) groups excluding carboxylic acids is 2. The second-order valence-corrected chi connectivity index (χ2v) is 7.06. The molecular weight excluding hydrogens is 349 g/mol. The summed E-state index contributed by atoms with van der Waals surface area (Å²) in [6.45, 7) is 1.68. The fraction of sp³-hybridized carbons (Fsp3) is 0.500. The summed E-state index contributed by atoms with van der Waals surface area (Å²) < 4.78 is 24.3. The third-order valence-corrected chi connectivity index (χ3v) is 5.14. The van der Waals surface area contributed by atoms with Gasteiger partial charge < -0.3 is 20.1 Å². The van der Waals surface area contributed by atoms with Crippen LogP contribution in [0, 0.1) is 5.82 Å². The fourth-order valence-corrected chi connectivity index (χ4v) is 3.79. The van der Waals surface area contributed by atoms with E-state index in [0.717, 1.165) is 31.0 Å². The van der Waals surface area contributed by atoms with Crippen molar-refractivity contribution >= 4 is 35.3 Å². The Balaban J connectivity index is 1.69. The number of carbonyl (C=O) groups is 2. The summed E-state index contributed by atoms with van der Waals surface area (Å²) in [4.78, 5) is 26.0. The SMILES string of the molecule is NC(=O)OC[C@@H]1CN(c2ccc(N3CCCSCC3)c(F)c2)C(=O)O1. The van der Waals surface area contributed by atoms with E-state index in [1.54, 1.807) is 12.1 Å². The number of benzene rings is 1. The highest BCUT2D eigenvalue weighted by Crippen LogP contribution is 2.29. The summed E-state index contributed by atoms with van der Waals surface area (Å²) >= 11 is 1.87. The van der Waals surface area contributed by atoms with Crippen LogP contribution in [0.4, 0.5) is 25.4 Å². The normalized spacial score (nSPS) is 21.0. The molecule has 136 valence electrons. The summed E-state index contributed by atoms with van der Waals surface area (Å²) in [6.07, 6.45) is -1.13. The van der Waals surface area contributed by atoms with E-state index in [9.17, 15) is 14.0 Å².